The Morgan fingerprint density at radius 1 is 0.682 bits per heavy atom. The van der Waals surface area contributed by atoms with Gasteiger partial charge in [0.05, 0.1) is 0 Å². The molecule has 0 aromatic carbocycles. The first-order valence-electron chi connectivity index (χ1n) is 9.70. The van der Waals surface area contributed by atoms with E-state index < -0.39 is 0 Å². The van der Waals surface area contributed by atoms with E-state index in [1.165, 1.54) is 44.9 Å². The maximum atomic E-state index is 10.5. The predicted molar refractivity (Wildman–Crippen MR) is 103 cm³/mol. The average molecular weight is 319 g/mol. The highest BCUT2D eigenvalue weighted by Gasteiger charge is 1.95. The fourth-order valence-corrected chi connectivity index (χ4v) is 1.84. The molecule has 3 heteroatoms. The summed E-state index contributed by atoms with van der Waals surface area (Å²) in [6.07, 6.45) is 12.0. The molecule has 0 saturated heterocycles. The van der Waals surface area contributed by atoms with Gasteiger partial charge in [0.15, 0.2) is 0 Å². The summed E-state index contributed by atoms with van der Waals surface area (Å²) in [5.41, 5.74) is 5.07. The molecule has 0 atom stereocenters. The molecule has 0 heterocycles. The zero-order chi connectivity index (χ0) is 18.1. The van der Waals surface area contributed by atoms with Gasteiger partial charge in [-0.3, -0.25) is 4.79 Å². The van der Waals surface area contributed by atoms with Crippen molar-refractivity contribution >= 4 is 5.91 Å². The van der Waals surface area contributed by atoms with Gasteiger partial charge in [-0.25, -0.2) is 0 Å². The number of hydrogen-bond acceptors (Lipinski definition) is 2. The lowest BCUT2D eigenvalue weighted by Crippen LogP contribution is -2.09. The molecule has 0 rings (SSSR count). The maximum absolute atomic E-state index is 10.5. The molecule has 0 fully saturated rings. The van der Waals surface area contributed by atoms with Crippen LogP contribution in [0.25, 0.3) is 0 Å². The van der Waals surface area contributed by atoms with E-state index in [2.05, 4.69) is 5.32 Å². The van der Waals surface area contributed by atoms with Crippen molar-refractivity contribution in [3.8, 4) is 0 Å². The van der Waals surface area contributed by atoms with Crippen LogP contribution < -0.4 is 11.1 Å². The molecule has 1 amide bonds. The lowest BCUT2D eigenvalue weighted by atomic mass is 10.1. The van der Waals surface area contributed by atoms with E-state index in [1.807, 2.05) is 48.6 Å². The van der Waals surface area contributed by atoms with Gasteiger partial charge in [-0.05, 0) is 26.4 Å². The Kier molecular flexibility index (Phi) is 49.6. The van der Waals surface area contributed by atoms with E-state index in [0.29, 0.717) is 6.42 Å². The number of carbonyl (C=O) groups is 1. The molecule has 0 aliphatic carbocycles. The molecular formula is C19H46N2O. The van der Waals surface area contributed by atoms with Crippen LogP contribution in [0.15, 0.2) is 0 Å². The quantitative estimate of drug-likeness (QED) is 0.455. The zero-order valence-corrected chi connectivity index (χ0v) is 16.8. The number of nitrogens with one attached hydrogen (secondary N) is 1. The van der Waals surface area contributed by atoms with Gasteiger partial charge < -0.3 is 11.1 Å². The van der Waals surface area contributed by atoms with Gasteiger partial charge >= 0.3 is 0 Å². The van der Waals surface area contributed by atoms with E-state index in [0.717, 1.165) is 19.4 Å². The average Bonchev–Trinajstić information content (AvgIpc) is 2.58. The maximum Gasteiger partial charge on any atom is 0.217 e. The Morgan fingerprint density at radius 2 is 1.00 bits per heavy atom. The van der Waals surface area contributed by atoms with Crippen molar-refractivity contribution in [3.63, 3.8) is 0 Å². The first-order valence-corrected chi connectivity index (χ1v) is 9.70. The molecule has 0 bridgehead atoms. The van der Waals surface area contributed by atoms with Crippen molar-refractivity contribution in [1.29, 1.82) is 0 Å². The van der Waals surface area contributed by atoms with Gasteiger partial charge in [0.2, 0.25) is 5.91 Å². The van der Waals surface area contributed by atoms with Crippen molar-refractivity contribution in [2.24, 2.45) is 5.73 Å². The molecule has 0 spiro atoms. The van der Waals surface area contributed by atoms with Gasteiger partial charge in [-0.1, -0.05) is 86.5 Å². The molecule has 0 aromatic heterocycles. The number of primary amides is 1. The summed E-state index contributed by atoms with van der Waals surface area (Å²) in [7, 11) is 2.01. The molecule has 0 aliphatic rings. The smallest absolute Gasteiger partial charge is 0.217 e. The Labute approximate surface area is 141 Å². The number of carbonyl (C=O) groups excluding carboxylic acids is 1. The number of hydrogen-bond donors (Lipinski definition) is 2. The predicted octanol–water partition coefficient (Wildman–Crippen LogP) is 5.67. The summed E-state index contributed by atoms with van der Waals surface area (Å²) in [5.74, 6) is -0.162. The van der Waals surface area contributed by atoms with Crippen LogP contribution >= 0.6 is 0 Å². The topological polar surface area (TPSA) is 55.1 Å². The first-order chi connectivity index (χ1) is 10.8. The van der Waals surface area contributed by atoms with E-state index in [4.69, 9.17) is 5.73 Å². The summed E-state index contributed by atoms with van der Waals surface area (Å²) in [4.78, 5) is 10.5. The van der Waals surface area contributed by atoms with Crippen LogP contribution in [-0.2, 0) is 4.79 Å². The SMILES string of the molecule is CC.CC.CC.CNCCCCCCCCCCCC(N)=O. The van der Waals surface area contributed by atoms with Gasteiger partial charge in [-0.15, -0.1) is 0 Å². The molecule has 22 heavy (non-hydrogen) atoms. The van der Waals surface area contributed by atoms with Gasteiger partial charge in [0.25, 0.3) is 0 Å². The normalized spacial score (nSPS) is 8.50. The molecular weight excluding hydrogens is 272 g/mol. The molecule has 0 aromatic rings. The highest BCUT2D eigenvalue weighted by Crippen LogP contribution is 2.10. The second-order valence-corrected chi connectivity index (χ2v) is 4.50. The zero-order valence-electron chi connectivity index (χ0n) is 16.8. The van der Waals surface area contributed by atoms with Crippen LogP contribution in [0.5, 0.6) is 0 Å². The Hall–Kier alpha value is -0.570. The van der Waals surface area contributed by atoms with Crippen LogP contribution in [0.2, 0.25) is 0 Å². The number of nitrogens with two attached hydrogens (primary N) is 1. The molecule has 0 radical (unpaired) electrons. The van der Waals surface area contributed by atoms with Gasteiger partial charge in [-0.2, -0.15) is 0 Å². The summed E-state index contributed by atoms with van der Waals surface area (Å²) < 4.78 is 0. The van der Waals surface area contributed by atoms with E-state index in [9.17, 15) is 4.79 Å². The molecule has 0 saturated carbocycles. The van der Waals surface area contributed by atoms with E-state index >= 15 is 0 Å². The van der Waals surface area contributed by atoms with E-state index in [-0.39, 0.29) is 5.91 Å². The Bertz CT molecular complexity index is 162. The molecule has 138 valence electrons. The van der Waals surface area contributed by atoms with Crippen LogP contribution in [0.4, 0.5) is 0 Å². The highest BCUT2D eigenvalue weighted by molar-refractivity contribution is 5.73. The van der Waals surface area contributed by atoms with Crippen LogP contribution in [-0.4, -0.2) is 19.5 Å². The third kappa shape index (κ3) is 42.7. The third-order valence-corrected chi connectivity index (χ3v) is 2.85. The second kappa shape index (κ2) is 37.0. The molecule has 3 N–H and O–H groups in total. The minimum Gasteiger partial charge on any atom is -0.370 e. The van der Waals surface area contributed by atoms with Crippen molar-refractivity contribution in [1.82, 2.24) is 5.32 Å². The first kappa shape index (κ1) is 29.4. The summed E-state index contributed by atoms with van der Waals surface area (Å²) in [6.45, 7) is 13.1. The lowest BCUT2D eigenvalue weighted by Gasteiger charge is -2.02. The van der Waals surface area contributed by atoms with Crippen LogP contribution in [0.3, 0.4) is 0 Å². The number of amides is 1. The van der Waals surface area contributed by atoms with E-state index in [1.54, 1.807) is 0 Å². The van der Waals surface area contributed by atoms with Gasteiger partial charge in [0, 0.05) is 6.42 Å². The number of unbranched alkanes of at least 4 members (excludes halogenated alkanes) is 8. The molecule has 0 aliphatic heterocycles. The standard InChI is InChI=1S/C13H28N2O.3C2H6/c1-15-12-10-8-6-4-2-3-5-7-9-11-13(14)16;3*1-2/h15H,2-12H2,1H3,(H2,14,16);3*1-2H3. The van der Waals surface area contributed by atoms with Crippen LogP contribution in [0, 0.1) is 0 Å². The van der Waals surface area contributed by atoms with Crippen molar-refractivity contribution in [2.75, 3.05) is 13.6 Å². The van der Waals surface area contributed by atoms with Crippen molar-refractivity contribution < 1.29 is 4.79 Å². The summed E-state index contributed by atoms with van der Waals surface area (Å²) in [6, 6.07) is 0. The summed E-state index contributed by atoms with van der Waals surface area (Å²) >= 11 is 0. The Morgan fingerprint density at radius 3 is 1.32 bits per heavy atom. The highest BCUT2D eigenvalue weighted by atomic mass is 16.1. The Balaban J connectivity index is -0.000000238. The molecule has 0 unspecified atom stereocenters. The monoisotopic (exact) mass is 318 g/mol. The van der Waals surface area contributed by atoms with Crippen LogP contribution in [0.1, 0.15) is 106 Å². The fourth-order valence-electron chi connectivity index (χ4n) is 1.84. The van der Waals surface area contributed by atoms with Crippen molar-refractivity contribution in [2.45, 2.75) is 106 Å². The minimum absolute atomic E-state index is 0.162. The largest absolute Gasteiger partial charge is 0.370 e. The third-order valence-electron chi connectivity index (χ3n) is 2.85. The van der Waals surface area contributed by atoms with Crippen molar-refractivity contribution in [3.05, 3.63) is 0 Å². The number of rotatable bonds is 12. The lowest BCUT2D eigenvalue weighted by molar-refractivity contribution is -0.118. The fraction of sp³-hybridized carbons (Fsp3) is 0.947. The minimum atomic E-state index is -0.162. The summed E-state index contributed by atoms with van der Waals surface area (Å²) in [5, 5.41) is 3.16. The second-order valence-electron chi connectivity index (χ2n) is 4.50. The van der Waals surface area contributed by atoms with Gasteiger partial charge in [0.1, 0.15) is 0 Å². The molecule has 3 nitrogen and oxygen atoms in total.